The average Bonchev–Trinajstić information content (AvgIpc) is 2.18. The number of carbonyl (C=O) groups is 1. The van der Waals surface area contributed by atoms with Crippen LogP contribution in [0.2, 0.25) is 0 Å². The third-order valence-electron chi connectivity index (χ3n) is 3.46. The third-order valence-corrected chi connectivity index (χ3v) is 3.46. The van der Waals surface area contributed by atoms with Crippen LogP contribution in [0, 0.1) is 0 Å². The number of hydrogen-bond donors (Lipinski definition) is 1. The molecule has 1 aliphatic carbocycles. The number of Topliss-reactive ketones (excluding diaryl/α,β-unsaturated/α-hetero) is 1. The van der Waals surface area contributed by atoms with Gasteiger partial charge >= 0.3 is 0 Å². The van der Waals surface area contributed by atoms with Crippen LogP contribution < -0.4 is 5.73 Å². The molecule has 0 atom stereocenters. The number of rotatable bonds is 6. The summed E-state index contributed by atoms with van der Waals surface area (Å²) < 4.78 is 0. The van der Waals surface area contributed by atoms with E-state index in [0.717, 1.165) is 25.7 Å². The summed E-state index contributed by atoms with van der Waals surface area (Å²) in [4.78, 5) is 11.7. The largest absolute Gasteiger partial charge is 0.325 e. The molecule has 0 aliphatic heterocycles. The molecule has 2 nitrogen and oxygen atoms in total. The van der Waals surface area contributed by atoms with Crippen LogP contribution in [0.1, 0.15) is 71.1 Å². The number of nitrogens with two attached hydrogens (primary N) is 1. The predicted molar refractivity (Wildman–Crippen MR) is 63.8 cm³/mol. The molecule has 0 aromatic carbocycles. The summed E-state index contributed by atoms with van der Waals surface area (Å²) >= 11 is 0. The van der Waals surface area contributed by atoms with Gasteiger partial charge in [-0.1, -0.05) is 39.0 Å². The lowest BCUT2D eigenvalue weighted by molar-refractivity contribution is -0.120. The lowest BCUT2D eigenvalue weighted by atomic mass is 9.78. The zero-order valence-corrected chi connectivity index (χ0v) is 10.1. The Kier molecular flexibility index (Phi) is 5.30. The van der Waals surface area contributed by atoms with Gasteiger partial charge in [-0.25, -0.2) is 0 Å². The molecule has 0 spiro atoms. The van der Waals surface area contributed by atoms with Crippen molar-refractivity contribution < 1.29 is 4.79 Å². The van der Waals surface area contributed by atoms with Crippen molar-refractivity contribution in [2.45, 2.75) is 76.7 Å². The Hall–Kier alpha value is -0.370. The topological polar surface area (TPSA) is 43.1 Å². The first kappa shape index (κ1) is 12.7. The summed E-state index contributed by atoms with van der Waals surface area (Å²) in [6.07, 6.45) is 10.6. The first-order chi connectivity index (χ1) is 7.16. The first-order valence-corrected chi connectivity index (χ1v) is 6.47. The Labute approximate surface area is 93.6 Å². The van der Waals surface area contributed by atoms with Gasteiger partial charge in [-0.3, -0.25) is 4.79 Å². The van der Waals surface area contributed by atoms with Gasteiger partial charge in [-0.15, -0.1) is 0 Å². The van der Waals surface area contributed by atoms with Gasteiger partial charge in [0.15, 0.2) is 0 Å². The van der Waals surface area contributed by atoms with Crippen LogP contribution in [-0.4, -0.2) is 11.3 Å². The van der Waals surface area contributed by atoms with Gasteiger partial charge in [0.05, 0.1) is 0 Å². The van der Waals surface area contributed by atoms with Gasteiger partial charge in [-0.2, -0.15) is 0 Å². The van der Waals surface area contributed by atoms with E-state index in [1.54, 1.807) is 0 Å². The third kappa shape index (κ3) is 4.78. The van der Waals surface area contributed by atoms with E-state index < -0.39 is 0 Å². The minimum atomic E-state index is -0.151. The molecular formula is C13H25NO. The molecule has 0 bridgehead atoms. The lowest BCUT2D eigenvalue weighted by Crippen LogP contribution is -2.43. The molecule has 1 fully saturated rings. The van der Waals surface area contributed by atoms with Crippen molar-refractivity contribution in [3.63, 3.8) is 0 Å². The fourth-order valence-corrected chi connectivity index (χ4v) is 2.49. The molecule has 1 saturated carbocycles. The molecule has 2 heteroatoms. The molecule has 0 aromatic rings. The molecule has 1 aliphatic rings. The van der Waals surface area contributed by atoms with Gasteiger partial charge < -0.3 is 5.73 Å². The molecule has 1 rings (SSSR count). The summed E-state index contributed by atoms with van der Waals surface area (Å²) in [5.74, 6) is 0.382. The molecule has 0 heterocycles. The lowest BCUT2D eigenvalue weighted by Gasteiger charge is -2.32. The molecule has 0 amide bonds. The summed E-state index contributed by atoms with van der Waals surface area (Å²) in [6.45, 7) is 2.16. The molecule has 15 heavy (non-hydrogen) atoms. The highest BCUT2D eigenvalue weighted by atomic mass is 16.1. The van der Waals surface area contributed by atoms with E-state index in [0.29, 0.717) is 12.2 Å². The van der Waals surface area contributed by atoms with Crippen molar-refractivity contribution >= 4 is 5.78 Å². The zero-order chi connectivity index (χ0) is 11.1. The van der Waals surface area contributed by atoms with Crippen LogP contribution >= 0.6 is 0 Å². The minimum Gasteiger partial charge on any atom is -0.325 e. The van der Waals surface area contributed by atoms with Gasteiger partial charge in [-0.05, 0) is 19.3 Å². The van der Waals surface area contributed by atoms with E-state index in [1.165, 1.54) is 32.1 Å². The van der Waals surface area contributed by atoms with Crippen LogP contribution in [-0.2, 0) is 4.79 Å². The van der Waals surface area contributed by atoms with Gasteiger partial charge in [0.25, 0.3) is 0 Å². The highest BCUT2D eigenvalue weighted by Crippen LogP contribution is 2.29. The van der Waals surface area contributed by atoms with Crippen LogP contribution in [0.5, 0.6) is 0 Å². The number of hydrogen-bond acceptors (Lipinski definition) is 2. The first-order valence-electron chi connectivity index (χ1n) is 6.47. The SMILES string of the molecule is CCCCCC(=O)CC1(N)CCCCC1. The van der Waals surface area contributed by atoms with Gasteiger partial charge in [0.2, 0.25) is 0 Å². The second-order valence-corrected chi connectivity index (χ2v) is 5.10. The second-order valence-electron chi connectivity index (χ2n) is 5.10. The molecule has 2 N–H and O–H groups in total. The average molecular weight is 211 g/mol. The molecule has 88 valence electrons. The van der Waals surface area contributed by atoms with E-state index in [1.807, 2.05) is 0 Å². The number of unbranched alkanes of at least 4 members (excludes halogenated alkanes) is 2. The summed E-state index contributed by atoms with van der Waals surface area (Å²) in [5, 5.41) is 0. The van der Waals surface area contributed by atoms with E-state index in [9.17, 15) is 4.79 Å². The Morgan fingerprint density at radius 3 is 2.47 bits per heavy atom. The Morgan fingerprint density at radius 1 is 1.20 bits per heavy atom. The van der Waals surface area contributed by atoms with Crippen LogP contribution in [0.25, 0.3) is 0 Å². The van der Waals surface area contributed by atoms with Crippen LogP contribution in [0.4, 0.5) is 0 Å². The van der Waals surface area contributed by atoms with Crippen molar-refractivity contribution in [1.29, 1.82) is 0 Å². The van der Waals surface area contributed by atoms with E-state index in [-0.39, 0.29) is 5.54 Å². The van der Waals surface area contributed by atoms with E-state index >= 15 is 0 Å². The zero-order valence-electron chi connectivity index (χ0n) is 10.1. The monoisotopic (exact) mass is 211 g/mol. The maximum absolute atomic E-state index is 11.7. The maximum Gasteiger partial charge on any atom is 0.134 e. The van der Waals surface area contributed by atoms with Crippen molar-refractivity contribution in [3.05, 3.63) is 0 Å². The normalized spacial score (nSPS) is 20.1. The summed E-state index contributed by atoms with van der Waals surface area (Å²) in [6, 6.07) is 0. The second kappa shape index (κ2) is 6.26. The van der Waals surface area contributed by atoms with Crippen molar-refractivity contribution in [2.75, 3.05) is 0 Å². The maximum atomic E-state index is 11.7. The Balaban J connectivity index is 2.23. The Morgan fingerprint density at radius 2 is 1.87 bits per heavy atom. The molecule has 0 unspecified atom stereocenters. The van der Waals surface area contributed by atoms with Crippen molar-refractivity contribution in [1.82, 2.24) is 0 Å². The van der Waals surface area contributed by atoms with Crippen LogP contribution in [0.15, 0.2) is 0 Å². The molecule has 0 saturated heterocycles. The van der Waals surface area contributed by atoms with Crippen LogP contribution in [0.3, 0.4) is 0 Å². The highest BCUT2D eigenvalue weighted by Gasteiger charge is 2.29. The fraction of sp³-hybridized carbons (Fsp3) is 0.923. The van der Waals surface area contributed by atoms with Gasteiger partial charge in [0.1, 0.15) is 5.78 Å². The molecule has 0 radical (unpaired) electrons. The number of carbonyl (C=O) groups excluding carboxylic acids is 1. The quantitative estimate of drug-likeness (QED) is 0.686. The van der Waals surface area contributed by atoms with Crippen molar-refractivity contribution in [2.24, 2.45) is 5.73 Å². The summed E-state index contributed by atoms with van der Waals surface area (Å²) in [5.41, 5.74) is 6.09. The van der Waals surface area contributed by atoms with Gasteiger partial charge in [0, 0.05) is 18.4 Å². The fourth-order valence-electron chi connectivity index (χ4n) is 2.49. The highest BCUT2D eigenvalue weighted by molar-refractivity contribution is 5.79. The van der Waals surface area contributed by atoms with E-state index in [2.05, 4.69) is 6.92 Å². The minimum absolute atomic E-state index is 0.151. The van der Waals surface area contributed by atoms with E-state index in [4.69, 9.17) is 5.73 Å². The molecular weight excluding hydrogens is 186 g/mol. The molecule has 0 aromatic heterocycles. The summed E-state index contributed by atoms with van der Waals surface area (Å²) in [7, 11) is 0. The number of ketones is 1. The predicted octanol–water partition coefficient (Wildman–Crippen LogP) is 3.19. The Bertz CT molecular complexity index is 195. The van der Waals surface area contributed by atoms with Crippen molar-refractivity contribution in [3.8, 4) is 0 Å². The smallest absolute Gasteiger partial charge is 0.134 e. The standard InChI is InChI=1S/C13H25NO/c1-2-3-5-8-12(15)11-13(14)9-6-4-7-10-13/h2-11,14H2,1H3.